The Morgan fingerprint density at radius 1 is 1.15 bits per heavy atom. The Kier molecular flexibility index (Phi) is 5.58. The number of piperidine rings is 1. The molecule has 0 bridgehead atoms. The van der Waals surface area contributed by atoms with E-state index in [1.165, 1.54) is 35.5 Å². The molecule has 0 radical (unpaired) electrons. The van der Waals surface area contributed by atoms with Gasteiger partial charge in [-0.1, -0.05) is 0 Å². The van der Waals surface area contributed by atoms with Crippen LogP contribution in [0, 0.1) is 6.92 Å². The van der Waals surface area contributed by atoms with Gasteiger partial charge in [-0.15, -0.1) is 0 Å². The van der Waals surface area contributed by atoms with Crippen molar-refractivity contribution in [2.24, 2.45) is 0 Å². The molecule has 2 unspecified atom stereocenters. The van der Waals surface area contributed by atoms with Crippen LogP contribution in [0.3, 0.4) is 0 Å². The second-order valence-electron chi connectivity index (χ2n) is 7.56. The van der Waals surface area contributed by atoms with Gasteiger partial charge >= 0.3 is 0 Å². The van der Waals surface area contributed by atoms with Crippen LogP contribution in [0.4, 0.5) is 11.4 Å². The number of carbonyl (C=O) groups excluding carboxylic acids is 1. The van der Waals surface area contributed by atoms with Crippen LogP contribution in [0.1, 0.15) is 44.6 Å². The maximum absolute atomic E-state index is 12.6. The molecule has 144 valence electrons. The molecule has 0 aromatic heterocycles. The average molecular weight is 380 g/mol. The van der Waals surface area contributed by atoms with E-state index in [9.17, 15) is 13.2 Å². The van der Waals surface area contributed by atoms with Crippen LogP contribution in [0.25, 0.3) is 0 Å². The van der Waals surface area contributed by atoms with Gasteiger partial charge in [-0.25, -0.2) is 8.42 Å². The van der Waals surface area contributed by atoms with Crippen LogP contribution in [-0.4, -0.2) is 50.1 Å². The summed E-state index contributed by atoms with van der Waals surface area (Å²) in [6.07, 6.45) is 6.16. The van der Waals surface area contributed by atoms with Crippen molar-refractivity contribution >= 4 is 27.3 Å². The van der Waals surface area contributed by atoms with E-state index in [0.717, 1.165) is 24.2 Å². The van der Waals surface area contributed by atoms with E-state index in [1.54, 1.807) is 0 Å². The molecule has 1 aromatic rings. The Balaban J connectivity index is 1.73. The van der Waals surface area contributed by atoms with Gasteiger partial charge in [0.15, 0.2) is 0 Å². The first-order valence-electron chi connectivity index (χ1n) is 9.42. The summed E-state index contributed by atoms with van der Waals surface area (Å²) in [6, 6.07) is 6.02. The Labute approximate surface area is 156 Å². The van der Waals surface area contributed by atoms with E-state index < -0.39 is 16.1 Å². The Hall–Kier alpha value is -1.60. The lowest BCUT2D eigenvalue weighted by atomic mass is 10.0. The van der Waals surface area contributed by atoms with Crippen molar-refractivity contribution in [3.8, 4) is 0 Å². The van der Waals surface area contributed by atoms with Crippen molar-refractivity contribution in [1.29, 1.82) is 0 Å². The molecule has 0 aliphatic carbocycles. The van der Waals surface area contributed by atoms with Gasteiger partial charge in [0, 0.05) is 30.5 Å². The molecule has 1 amide bonds. The number of hydrogen-bond donors (Lipinski definition) is 1. The summed E-state index contributed by atoms with van der Waals surface area (Å²) in [5, 5.41) is 2.93. The first-order chi connectivity index (χ1) is 12.3. The smallest absolute Gasteiger partial charge is 0.242 e. The highest BCUT2D eigenvalue weighted by Gasteiger charge is 2.36. The summed E-state index contributed by atoms with van der Waals surface area (Å²) >= 11 is 0. The number of nitrogens with zero attached hydrogens (tertiary/aromatic N) is 2. The minimum absolute atomic E-state index is 0.241. The van der Waals surface area contributed by atoms with E-state index in [1.807, 2.05) is 19.1 Å². The maximum atomic E-state index is 12.6. The third-order valence-corrected chi connectivity index (χ3v) is 6.82. The van der Waals surface area contributed by atoms with Crippen LogP contribution < -0.4 is 10.2 Å². The first kappa shape index (κ1) is 19.2. The monoisotopic (exact) mass is 379 g/mol. The first-order valence-corrected chi connectivity index (χ1v) is 11.3. The third kappa shape index (κ3) is 4.04. The van der Waals surface area contributed by atoms with Gasteiger partial charge < -0.3 is 10.2 Å². The lowest BCUT2D eigenvalue weighted by Crippen LogP contribution is -2.42. The number of carbonyl (C=O) groups is 1. The van der Waals surface area contributed by atoms with Crippen LogP contribution in [0.5, 0.6) is 0 Å². The zero-order valence-corrected chi connectivity index (χ0v) is 16.7. The van der Waals surface area contributed by atoms with Crippen LogP contribution in [-0.2, 0) is 14.8 Å². The Bertz CT molecular complexity index is 778. The standard InChI is InChI=1S/C19H29N3O3S/c1-14-13-16(21-11-5-4-7-15(21)2)9-10-17(14)20-19(23)18-8-6-12-22(18)26(3,24)25/h9-10,13,15,18H,4-8,11-12H2,1-3H3,(H,20,23). The molecule has 2 heterocycles. The summed E-state index contributed by atoms with van der Waals surface area (Å²) in [5.74, 6) is -0.241. The van der Waals surface area contributed by atoms with Gasteiger partial charge in [-0.05, 0) is 69.7 Å². The molecule has 3 rings (SSSR count). The maximum Gasteiger partial charge on any atom is 0.242 e. The highest BCUT2D eigenvalue weighted by atomic mass is 32.2. The fourth-order valence-electron chi connectivity index (χ4n) is 4.06. The Morgan fingerprint density at radius 2 is 1.92 bits per heavy atom. The molecular weight excluding hydrogens is 350 g/mol. The molecule has 1 N–H and O–H groups in total. The zero-order valence-electron chi connectivity index (χ0n) is 15.9. The number of nitrogens with one attached hydrogen (secondary N) is 1. The van der Waals surface area contributed by atoms with Gasteiger partial charge in [0.25, 0.3) is 0 Å². The van der Waals surface area contributed by atoms with Crippen molar-refractivity contribution in [2.45, 2.75) is 58.0 Å². The number of rotatable bonds is 4. The molecule has 2 fully saturated rings. The SMILES string of the molecule is Cc1cc(N2CCCCC2C)ccc1NC(=O)C1CCCN1S(C)(=O)=O. The van der Waals surface area contributed by atoms with Crippen molar-refractivity contribution in [3.63, 3.8) is 0 Å². The van der Waals surface area contributed by atoms with E-state index in [0.29, 0.717) is 19.0 Å². The molecule has 0 spiro atoms. The van der Waals surface area contributed by atoms with Crippen LogP contribution in [0.15, 0.2) is 18.2 Å². The Morgan fingerprint density at radius 3 is 2.58 bits per heavy atom. The molecule has 2 saturated heterocycles. The molecule has 2 aliphatic rings. The number of sulfonamides is 1. The van der Waals surface area contributed by atoms with E-state index in [4.69, 9.17) is 0 Å². The lowest BCUT2D eigenvalue weighted by Gasteiger charge is -2.35. The molecule has 1 aromatic carbocycles. The molecule has 26 heavy (non-hydrogen) atoms. The van der Waals surface area contributed by atoms with Gasteiger partial charge in [0.05, 0.1) is 6.26 Å². The zero-order chi connectivity index (χ0) is 18.9. The highest BCUT2D eigenvalue weighted by molar-refractivity contribution is 7.88. The summed E-state index contributed by atoms with van der Waals surface area (Å²) in [5.41, 5.74) is 2.94. The quantitative estimate of drug-likeness (QED) is 0.873. The fraction of sp³-hybridized carbons (Fsp3) is 0.632. The molecular formula is C19H29N3O3S. The highest BCUT2D eigenvalue weighted by Crippen LogP contribution is 2.29. The molecule has 7 heteroatoms. The number of benzene rings is 1. The second kappa shape index (κ2) is 7.56. The van der Waals surface area contributed by atoms with Crippen molar-refractivity contribution in [3.05, 3.63) is 23.8 Å². The minimum Gasteiger partial charge on any atom is -0.369 e. The van der Waals surface area contributed by atoms with Crippen molar-refractivity contribution < 1.29 is 13.2 Å². The van der Waals surface area contributed by atoms with Crippen molar-refractivity contribution in [1.82, 2.24) is 4.31 Å². The predicted octanol–water partition coefficient (Wildman–Crippen LogP) is 2.74. The summed E-state index contributed by atoms with van der Waals surface area (Å²) < 4.78 is 25.0. The van der Waals surface area contributed by atoms with Crippen LogP contribution in [0.2, 0.25) is 0 Å². The molecule has 2 aliphatic heterocycles. The summed E-state index contributed by atoms with van der Waals surface area (Å²) in [4.78, 5) is 15.1. The average Bonchev–Trinajstić information content (AvgIpc) is 3.07. The number of hydrogen-bond acceptors (Lipinski definition) is 4. The van der Waals surface area contributed by atoms with Gasteiger partial charge in [0.2, 0.25) is 15.9 Å². The normalized spacial score (nSPS) is 24.7. The topological polar surface area (TPSA) is 69.7 Å². The number of aryl methyl sites for hydroxylation is 1. The fourth-order valence-corrected chi connectivity index (χ4v) is 5.19. The van der Waals surface area contributed by atoms with E-state index in [2.05, 4.69) is 23.2 Å². The van der Waals surface area contributed by atoms with E-state index >= 15 is 0 Å². The van der Waals surface area contributed by atoms with Gasteiger partial charge in [0.1, 0.15) is 6.04 Å². The predicted molar refractivity (Wildman–Crippen MR) is 105 cm³/mol. The number of anilines is 2. The van der Waals surface area contributed by atoms with Gasteiger partial charge in [-0.3, -0.25) is 4.79 Å². The third-order valence-electron chi connectivity index (χ3n) is 5.53. The second-order valence-corrected chi connectivity index (χ2v) is 9.49. The number of amides is 1. The van der Waals surface area contributed by atoms with E-state index in [-0.39, 0.29) is 5.91 Å². The van der Waals surface area contributed by atoms with Crippen molar-refractivity contribution in [2.75, 3.05) is 29.6 Å². The lowest BCUT2D eigenvalue weighted by molar-refractivity contribution is -0.119. The molecule has 2 atom stereocenters. The summed E-state index contributed by atoms with van der Waals surface area (Å²) in [6.45, 7) is 5.72. The molecule has 6 nitrogen and oxygen atoms in total. The summed E-state index contributed by atoms with van der Waals surface area (Å²) in [7, 11) is -3.36. The largest absolute Gasteiger partial charge is 0.369 e. The van der Waals surface area contributed by atoms with Gasteiger partial charge in [-0.2, -0.15) is 4.31 Å². The minimum atomic E-state index is -3.36. The van der Waals surface area contributed by atoms with Crippen LogP contribution >= 0.6 is 0 Å². The molecule has 0 saturated carbocycles.